The van der Waals surface area contributed by atoms with E-state index in [0.29, 0.717) is 29.9 Å². The van der Waals surface area contributed by atoms with Crippen LogP contribution >= 0.6 is 11.6 Å². The predicted octanol–water partition coefficient (Wildman–Crippen LogP) is 3.71. The fraction of sp³-hybridized carbons (Fsp3) is 0.448. The van der Waals surface area contributed by atoms with Gasteiger partial charge in [0.1, 0.15) is 17.3 Å². The average Bonchev–Trinajstić information content (AvgIpc) is 3.45. The Bertz CT molecular complexity index is 1900. The Morgan fingerprint density at radius 1 is 1.11 bits per heavy atom. The van der Waals surface area contributed by atoms with Crippen LogP contribution in [-0.4, -0.2) is 63.0 Å². The lowest BCUT2D eigenvalue weighted by Gasteiger charge is -2.33. The maximum absolute atomic E-state index is 13.7. The Labute approximate surface area is 260 Å². The van der Waals surface area contributed by atoms with Crippen molar-refractivity contribution in [2.45, 2.75) is 58.5 Å². The number of aromatic nitrogens is 6. The van der Waals surface area contributed by atoms with Crippen LogP contribution in [0.5, 0.6) is 0 Å². The molecule has 15 heteroatoms. The van der Waals surface area contributed by atoms with Gasteiger partial charge in [0.05, 0.1) is 28.9 Å². The number of benzene rings is 1. The SMILES string of the molecule is Cc1cc([C@@H](C)Nc2ccc(Cl)nc2C(=O)NS(C)(=O)=O)c2nc(N3CCC(c4ncnn4C(C)C)CC3)n(C)c(=O)c2c1. The van der Waals surface area contributed by atoms with Crippen LogP contribution < -0.4 is 20.5 Å². The van der Waals surface area contributed by atoms with E-state index in [1.54, 1.807) is 24.0 Å². The molecule has 0 unspecified atom stereocenters. The van der Waals surface area contributed by atoms with Crippen LogP contribution in [0.2, 0.25) is 5.15 Å². The molecule has 0 radical (unpaired) electrons. The molecule has 0 aliphatic carbocycles. The van der Waals surface area contributed by atoms with E-state index in [0.717, 1.165) is 36.0 Å². The zero-order chi connectivity index (χ0) is 31.9. The number of halogens is 1. The van der Waals surface area contributed by atoms with Crippen molar-refractivity contribution < 1.29 is 13.2 Å². The van der Waals surface area contributed by atoms with E-state index in [2.05, 4.69) is 39.1 Å². The van der Waals surface area contributed by atoms with Gasteiger partial charge in [-0.1, -0.05) is 17.7 Å². The monoisotopic (exact) mass is 641 g/mol. The summed E-state index contributed by atoms with van der Waals surface area (Å²) in [5, 5.41) is 8.16. The summed E-state index contributed by atoms with van der Waals surface area (Å²) in [6.45, 7) is 9.35. The van der Waals surface area contributed by atoms with E-state index in [1.807, 2.05) is 35.4 Å². The number of hydrogen-bond donors (Lipinski definition) is 2. The molecular formula is C29H36ClN9O4S. The third kappa shape index (κ3) is 6.41. The summed E-state index contributed by atoms with van der Waals surface area (Å²) in [5.41, 5.74) is 2.09. The molecule has 234 valence electrons. The molecule has 2 N–H and O–H groups in total. The van der Waals surface area contributed by atoms with E-state index in [4.69, 9.17) is 16.6 Å². The zero-order valence-corrected chi connectivity index (χ0v) is 27.1. The highest BCUT2D eigenvalue weighted by molar-refractivity contribution is 7.89. The van der Waals surface area contributed by atoms with Gasteiger partial charge in [0.25, 0.3) is 11.5 Å². The van der Waals surface area contributed by atoms with E-state index in [-0.39, 0.29) is 34.1 Å². The van der Waals surface area contributed by atoms with Gasteiger partial charge in [-0.25, -0.2) is 32.8 Å². The van der Waals surface area contributed by atoms with Gasteiger partial charge in [-0.15, -0.1) is 0 Å². The van der Waals surface area contributed by atoms with E-state index in [1.165, 1.54) is 6.07 Å². The molecule has 1 aliphatic heterocycles. The lowest BCUT2D eigenvalue weighted by Crippen LogP contribution is -2.38. The smallest absolute Gasteiger partial charge is 0.285 e. The standard InChI is InChI=1S/C29H36ClN9O4S/c1-16(2)39-26(31-15-32-39)19-9-11-38(12-10-19)29-35-24-20(13-17(3)14-21(24)28(41)37(29)5)18(4)33-22-7-8-23(30)34-25(22)27(40)36-44(6,42)43/h7-8,13-16,18-19,33H,9-12H2,1-6H3,(H,36,40)/t18-/m1/s1. The van der Waals surface area contributed by atoms with Crippen molar-refractivity contribution in [1.29, 1.82) is 0 Å². The van der Waals surface area contributed by atoms with Gasteiger partial charge in [0, 0.05) is 37.7 Å². The molecule has 1 saturated heterocycles. The highest BCUT2D eigenvalue weighted by Gasteiger charge is 2.28. The third-order valence-corrected chi connectivity index (χ3v) is 8.52. The summed E-state index contributed by atoms with van der Waals surface area (Å²) >= 11 is 6.04. The minimum absolute atomic E-state index is 0.0332. The molecule has 1 aromatic carbocycles. The van der Waals surface area contributed by atoms with Gasteiger partial charge in [0.15, 0.2) is 5.69 Å². The minimum Gasteiger partial charge on any atom is -0.377 e. The first-order valence-electron chi connectivity index (χ1n) is 14.3. The van der Waals surface area contributed by atoms with E-state index >= 15 is 0 Å². The van der Waals surface area contributed by atoms with Crippen LogP contribution in [0.3, 0.4) is 0 Å². The number of amides is 1. The maximum Gasteiger partial charge on any atom is 0.285 e. The summed E-state index contributed by atoms with van der Waals surface area (Å²) in [5.74, 6) is 0.908. The highest BCUT2D eigenvalue weighted by Crippen LogP contribution is 2.32. The van der Waals surface area contributed by atoms with Crippen LogP contribution in [0, 0.1) is 6.92 Å². The molecule has 3 aromatic heterocycles. The topological polar surface area (TPSA) is 157 Å². The molecular weight excluding hydrogens is 606 g/mol. The van der Waals surface area contributed by atoms with Gasteiger partial charge in [-0.05, 0) is 64.3 Å². The van der Waals surface area contributed by atoms with Crippen LogP contribution in [0.4, 0.5) is 11.6 Å². The Morgan fingerprint density at radius 3 is 2.48 bits per heavy atom. The normalized spacial score (nSPS) is 15.1. The zero-order valence-electron chi connectivity index (χ0n) is 25.5. The summed E-state index contributed by atoms with van der Waals surface area (Å²) in [6, 6.07) is 6.60. The molecule has 13 nitrogen and oxygen atoms in total. The number of anilines is 2. The predicted molar refractivity (Wildman–Crippen MR) is 170 cm³/mol. The fourth-order valence-corrected chi connectivity index (χ4v) is 6.27. The molecule has 44 heavy (non-hydrogen) atoms. The first-order chi connectivity index (χ1) is 20.7. The first-order valence-corrected chi connectivity index (χ1v) is 16.6. The largest absolute Gasteiger partial charge is 0.377 e. The van der Waals surface area contributed by atoms with E-state index in [9.17, 15) is 18.0 Å². The number of aryl methyl sites for hydroxylation is 1. The third-order valence-electron chi connectivity index (χ3n) is 7.76. The number of pyridine rings is 1. The number of nitrogens with zero attached hydrogens (tertiary/aromatic N) is 7. The maximum atomic E-state index is 13.7. The second-order valence-electron chi connectivity index (χ2n) is 11.5. The molecule has 1 aliphatic rings. The molecule has 4 aromatic rings. The van der Waals surface area contributed by atoms with Crippen molar-refractivity contribution >= 4 is 50.1 Å². The molecule has 1 fully saturated rings. The van der Waals surface area contributed by atoms with Crippen molar-refractivity contribution in [2.24, 2.45) is 7.05 Å². The second-order valence-corrected chi connectivity index (χ2v) is 13.7. The van der Waals surface area contributed by atoms with Gasteiger partial charge in [-0.3, -0.25) is 14.2 Å². The molecule has 0 spiro atoms. The quantitative estimate of drug-likeness (QED) is 0.272. The van der Waals surface area contributed by atoms with Crippen LogP contribution in [-0.2, 0) is 17.1 Å². The second kappa shape index (κ2) is 12.2. The Morgan fingerprint density at radius 2 is 1.82 bits per heavy atom. The molecule has 4 heterocycles. The van der Waals surface area contributed by atoms with Crippen LogP contribution in [0.25, 0.3) is 10.9 Å². The van der Waals surface area contributed by atoms with Crippen molar-refractivity contribution in [1.82, 2.24) is 34.0 Å². The molecule has 0 bridgehead atoms. The van der Waals surface area contributed by atoms with Crippen molar-refractivity contribution in [2.75, 3.05) is 29.6 Å². The summed E-state index contributed by atoms with van der Waals surface area (Å²) < 4.78 is 28.9. The van der Waals surface area contributed by atoms with Gasteiger partial charge < -0.3 is 10.2 Å². The van der Waals surface area contributed by atoms with Crippen LogP contribution in [0.1, 0.15) is 79.1 Å². The lowest BCUT2D eigenvalue weighted by molar-refractivity contribution is 0.0977. The summed E-state index contributed by atoms with van der Waals surface area (Å²) in [7, 11) is -2.10. The fourth-order valence-electron chi connectivity index (χ4n) is 5.69. The Kier molecular flexibility index (Phi) is 8.67. The minimum atomic E-state index is -3.83. The number of sulfonamides is 1. The highest BCUT2D eigenvalue weighted by atomic mass is 35.5. The van der Waals surface area contributed by atoms with Crippen molar-refractivity contribution in [3.8, 4) is 0 Å². The number of fused-ring (bicyclic) bond motifs is 1. The van der Waals surface area contributed by atoms with Crippen molar-refractivity contribution in [3.05, 3.63) is 68.7 Å². The number of nitrogens with one attached hydrogen (secondary N) is 2. The molecule has 0 saturated carbocycles. The summed E-state index contributed by atoms with van der Waals surface area (Å²) in [6.07, 6.45) is 4.18. The Balaban J connectivity index is 1.48. The number of carbonyl (C=O) groups is 1. The first kappa shape index (κ1) is 31.4. The van der Waals surface area contributed by atoms with Crippen molar-refractivity contribution in [3.63, 3.8) is 0 Å². The molecule has 1 atom stereocenters. The van der Waals surface area contributed by atoms with Crippen LogP contribution in [0.15, 0.2) is 35.4 Å². The number of hydrogen-bond acceptors (Lipinski definition) is 10. The molecule has 5 rings (SSSR count). The van der Waals surface area contributed by atoms with Gasteiger partial charge in [-0.2, -0.15) is 5.10 Å². The summed E-state index contributed by atoms with van der Waals surface area (Å²) in [4.78, 5) is 42.2. The molecule has 1 amide bonds. The van der Waals surface area contributed by atoms with E-state index < -0.39 is 22.0 Å². The van der Waals surface area contributed by atoms with Gasteiger partial charge >= 0.3 is 0 Å². The number of carbonyl (C=O) groups excluding carboxylic acids is 1. The van der Waals surface area contributed by atoms with Gasteiger partial charge in [0.2, 0.25) is 16.0 Å². The Hall–Kier alpha value is -4.04. The average molecular weight is 642 g/mol. The number of piperidine rings is 1. The lowest BCUT2D eigenvalue weighted by atomic mass is 9.96. The number of rotatable bonds is 8.